The van der Waals surface area contributed by atoms with E-state index < -0.39 is 0 Å². The third kappa shape index (κ3) is 3.40. The Labute approximate surface area is 174 Å². The van der Waals surface area contributed by atoms with Gasteiger partial charge >= 0.3 is 0 Å². The molecule has 6 nitrogen and oxygen atoms in total. The Morgan fingerprint density at radius 2 is 2.00 bits per heavy atom. The van der Waals surface area contributed by atoms with Gasteiger partial charge in [-0.15, -0.1) is 0 Å². The molecule has 1 atom stereocenters. The number of ketones is 1. The topological polar surface area (TPSA) is 69.3 Å². The fourth-order valence-corrected chi connectivity index (χ4v) is 5.02. The molecule has 1 aromatic carbocycles. The fraction of sp³-hybridized carbons (Fsp3) is 0.318. The number of hydrogen-bond donors (Lipinski definition) is 1. The molecule has 4 rings (SSSR count). The molecule has 1 N–H and O–H groups in total. The largest absolute Gasteiger partial charge is 0.358 e. The van der Waals surface area contributed by atoms with Gasteiger partial charge in [0.1, 0.15) is 0 Å². The SMILES string of the molecule is Cc1ccc2[nH]c(C)c(C(=O)C3CSN(c4cccnc4)C3)c2c1C(=O)N(C)C. The van der Waals surface area contributed by atoms with Crippen LogP contribution >= 0.6 is 11.9 Å². The van der Waals surface area contributed by atoms with E-state index in [-0.39, 0.29) is 17.6 Å². The van der Waals surface area contributed by atoms with Crippen LogP contribution in [0.4, 0.5) is 5.69 Å². The first-order valence-electron chi connectivity index (χ1n) is 9.56. The van der Waals surface area contributed by atoms with Gasteiger partial charge in [0.25, 0.3) is 5.91 Å². The molecule has 0 bridgehead atoms. The van der Waals surface area contributed by atoms with Gasteiger partial charge in [0, 0.05) is 54.8 Å². The molecule has 0 saturated carbocycles. The number of benzene rings is 1. The van der Waals surface area contributed by atoms with Crippen LogP contribution in [0, 0.1) is 19.8 Å². The lowest BCUT2D eigenvalue weighted by atomic mass is 9.92. The van der Waals surface area contributed by atoms with Crippen LogP contribution in [0.5, 0.6) is 0 Å². The number of nitrogens with zero attached hydrogens (tertiary/aromatic N) is 3. The van der Waals surface area contributed by atoms with Crippen LogP contribution in [0.2, 0.25) is 0 Å². The molecule has 0 spiro atoms. The molecule has 1 aliphatic rings. The second-order valence-corrected chi connectivity index (χ2v) is 8.67. The van der Waals surface area contributed by atoms with E-state index in [0.717, 1.165) is 27.8 Å². The second-order valence-electron chi connectivity index (χ2n) is 7.63. The van der Waals surface area contributed by atoms with E-state index >= 15 is 0 Å². The minimum Gasteiger partial charge on any atom is -0.358 e. The molecule has 1 aliphatic heterocycles. The summed E-state index contributed by atoms with van der Waals surface area (Å²) >= 11 is 1.65. The highest BCUT2D eigenvalue weighted by Gasteiger charge is 2.34. The van der Waals surface area contributed by atoms with Crippen molar-refractivity contribution in [2.75, 3.05) is 30.7 Å². The van der Waals surface area contributed by atoms with Gasteiger partial charge in [-0.3, -0.25) is 14.6 Å². The number of Topliss-reactive ketones (excluding diaryl/α,β-unsaturated/α-hetero) is 1. The first-order valence-corrected chi connectivity index (χ1v) is 10.5. The lowest BCUT2D eigenvalue weighted by Gasteiger charge is -2.17. The van der Waals surface area contributed by atoms with E-state index in [1.807, 2.05) is 44.3 Å². The van der Waals surface area contributed by atoms with Crippen molar-refractivity contribution < 1.29 is 9.59 Å². The zero-order valence-corrected chi connectivity index (χ0v) is 17.8. The summed E-state index contributed by atoms with van der Waals surface area (Å²) in [7, 11) is 3.47. The van der Waals surface area contributed by atoms with E-state index in [1.165, 1.54) is 0 Å². The summed E-state index contributed by atoms with van der Waals surface area (Å²) in [5.74, 6) is 0.577. The zero-order valence-electron chi connectivity index (χ0n) is 17.0. The minimum atomic E-state index is -0.138. The summed E-state index contributed by atoms with van der Waals surface area (Å²) in [6.07, 6.45) is 3.56. The molecule has 1 amide bonds. The van der Waals surface area contributed by atoms with E-state index in [9.17, 15) is 9.59 Å². The molecule has 150 valence electrons. The highest BCUT2D eigenvalue weighted by Crippen LogP contribution is 2.36. The molecule has 2 aromatic heterocycles. The number of aromatic nitrogens is 2. The molecule has 1 saturated heterocycles. The Balaban J connectivity index is 1.74. The third-order valence-electron chi connectivity index (χ3n) is 5.35. The van der Waals surface area contributed by atoms with Gasteiger partial charge in [0.2, 0.25) is 0 Å². The normalized spacial score (nSPS) is 16.4. The number of H-pyrrole nitrogens is 1. The first kappa shape index (κ1) is 19.5. The van der Waals surface area contributed by atoms with Crippen LogP contribution in [0.3, 0.4) is 0 Å². The highest BCUT2D eigenvalue weighted by atomic mass is 32.2. The number of fused-ring (bicyclic) bond motifs is 1. The predicted molar refractivity (Wildman–Crippen MR) is 118 cm³/mol. The third-order valence-corrected chi connectivity index (χ3v) is 6.57. The number of carbonyl (C=O) groups is 2. The molecule has 29 heavy (non-hydrogen) atoms. The van der Waals surface area contributed by atoms with Crippen molar-refractivity contribution >= 4 is 40.2 Å². The highest BCUT2D eigenvalue weighted by molar-refractivity contribution is 8.00. The molecule has 7 heteroatoms. The van der Waals surface area contributed by atoms with Gasteiger partial charge in [0.05, 0.1) is 23.4 Å². The summed E-state index contributed by atoms with van der Waals surface area (Å²) in [6, 6.07) is 7.78. The minimum absolute atomic E-state index is 0.0843. The molecule has 3 aromatic rings. The Bertz CT molecular complexity index is 1090. The summed E-state index contributed by atoms with van der Waals surface area (Å²) in [6.45, 7) is 4.46. The van der Waals surface area contributed by atoms with E-state index in [1.54, 1.807) is 37.1 Å². The molecular formula is C22H24N4O2S. The fourth-order valence-electron chi connectivity index (χ4n) is 3.86. The Kier molecular flexibility index (Phi) is 5.08. The number of hydrogen-bond acceptors (Lipinski definition) is 5. The van der Waals surface area contributed by atoms with Crippen LogP contribution in [-0.2, 0) is 0 Å². The predicted octanol–water partition coefficient (Wildman–Crippen LogP) is 3.85. The number of anilines is 1. The Morgan fingerprint density at radius 3 is 2.69 bits per heavy atom. The van der Waals surface area contributed by atoms with Gasteiger partial charge in [-0.1, -0.05) is 6.07 Å². The van der Waals surface area contributed by atoms with Crippen LogP contribution in [-0.4, -0.2) is 53.0 Å². The van der Waals surface area contributed by atoms with Crippen molar-refractivity contribution in [3.05, 3.63) is 59.0 Å². The summed E-state index contributed by atoms with van der Waals surface area (Å²) < 4.78 is 2.12. The Hall–Kier alpha value is -2.80. The van der Waals surface area contributed by atoms with Crippen LogP contribution < -0.4 is 4.31 Å². The molecule has 1 unspecified atom stereocenters. The maximum Gasteiger partial charge on any atom is 0.254 e. The second kappa shape index (κ2) is 7.55. The van der Waals surface area contributed by atoms with Gasteiger partial charge in [-0.05, 0) is 49.6 Å². The van der Waals surface area contributed by atoms with E-state index in [0.29, 0.717) is 23.4 Å². The van der Waals surface area contributed by atoms with Gasteiger partial charge < -0.3 is 14.2 Å². The summed E-state index contributed by atoms with van der Waals surface area (Å²) in [5.41, 5.74) is 4.77. The molecule has 3 heterocycles. The number of aromatic amines is 1. The lowest BCUT2D eigenvalue weighted by Crippen LogP contribution is -2.25. The van der Waals surface area contributed by atoms with Crippen LogP contribution in [0.15, 0.2) is 36.7 Å². The maximum atomic E-state index is 13.6. The van der Waals surface area contributed by atoms with Crippen LogP contribution in [0.1, 0.15) is 32.0 Å². The molecule has 1 fully saturated rings. The van der Waals surface area contributed by atoms with Crippen molar-refractivity contribution in [1.29, 1.82) is 0 Å². The Morgan fingerprint density at radius 1 is 1.21 bits per heavy atom. The van der Waals surface area contributed by atoms with E-state index in [2.05, 4.69) is 14.3 Å². The number of carbonyl (C=O) groups excluding carboxylic acids is 2. The maximum absolute atomic E-state index is 13.6. The van der Waals surface area contributed by atoms with Crippen molar-refractivity contribution in [3.8, 4) is 0 Å². The van der Waals surface area contributed by atoms with Crippen molar-refractivity contribution in [2.24, 2.45) is 5.92 Å². The monoisotopic (exact) mass is 408 g/mol. The van der Waals surface area contributed by atoms with Gasteiger partial charge in [-0.2, -0.15) is 0 Å². The van der Waals surface area contributed by atoms with E-state index in [4.69, 9.17) is 0 Å². The van der Waals surface area contributed by atoms with Crippen molar-refractivity contribution in [3.63, 3.8) is 0 Å². The first-order chi connectivity index (χ1) is 13.9. The smallest absolute Gasteiger partial charge is 0.254 e. The van der Waals surface area contributed by atoms with Crippen molar-refractivity contribution in [2.45, 2.75) is 13.8 Å². The van der Waals surface area contributed by atoms with Gasteiger partial charge in [0.15, 0.2) is 5.78 Å². The standard InChI is InChI=1S/C22H24N4O2S/c1-13-7-8-17-20(18(13)22(28)25(3)4)19(14(2)24-17)21(27)15-11-26(29-12-15)16-6-5-9-23-10-16/h5-10,15,24H,11-12H2,1-4H3. The number of pyridine rings is 1. The zero-order chi connectivity index (χ0) is 20.7. The van der Waals surface area contributed by atoms with Crippen LogP contribution in [0.25, 0.3) is 10.9 Å². The summed E-state index contributed by atoms with van der Waals surface area (Å²) in [4.78, 5) is 35.5. The molecular weight excluding hydrogens is 384 g/mol. The number of aryl methyl sites for hydroxylation is 2. The number of amides is 1. The molecule has 0 radical (unpaired) electrons. The van der Waals surface area contributed by atoms with Gasteiger partial charge in [-0.25, -0.2) is 0 Å². The lowest BCUT2D eigenvalue weighted by molar-refractivity contribution is 0.0829. The van der Waals surface area contributed by atoms with Crippen molar-refractivity contribution in [1.82, 2.24) is 14.9 Å². The average molecular weight is 409 g/mol. The summed E-state index contributed by atoms with van der Waals surface area (Å²) in [5, 5.41) is 0.746. The quantitative estimate of drug-likeness (QED) is 0.525. The average Bonchev–Trinajstić information content (AvgIpc) is 3.32. The number of rotatable bonds is 4. The number of nitrogens with one attached hydrogen (secondary N) is 1. The molecule has 0 aliphatic carbocycles.